The van der Waals surface area contributed by atoms with Crippen LogP contribution >= 0.6 is 54.5 Å². The lowest BCUT2D eigenvalue weighted by atomic mass is 10.1. The molecule has 24 atom stereocenters. The molecule has 6 aliphatic heterocycles. The van der Waals surface area contributed by atoms with Crippen LogP contribution in [0, 0.1) is 0 Å². The molecule has 0 saturated carbocycles. The maximum Gasteiger partial charge on any atom is 0.509 e. The van der Waals surface area contributed by atoms with Crippen molar-refractivity contribution in [3.05, 3.63) is 149 Å². The van der Waals surface area contributed by atoms with E-state index in [-0.39, 0.29) is 25.1 Å². The van der Waals surface area contributed by atoms with E-state index >= 15 is 0 Å². The number of hydrogen-bond donors (Lipinski definition) is 12. The number of aromatic nitrogens is 16. The number of imidazole rings is 3. The minimum Gasteiger partial charge on any atom is -0.432 e. The van der Waals surface area contributed by atoms with Gasteiger partial charge in [-0.2, -0.15) is 0 Å². The van der Waals surface area contributed by atoms with Gasteiger partial charge in [0, 0.05) is 124 Å². The van der Waals surface area contributed by atoms with Crippen LogP contribution in [0.4, 0.5) is 31.6 Å². The molecule has 0 radical (unpaired) electrons. The van der Waals surface area contributed by atoms with Crippen molar-refractivity contribution in [2.45, 2.75) is 208 Å². The van der Waals surface area contributed by atoms with Crippen molar-refractivity contribution in [2.24, 2.45) is 0 Å². The molecule has 6 saturated heterocycles. The van der Waals surface area contributed by atoms with Gasteiger partial charge in [-0.15, -0.1) is 0 Å². The van der Waals surface area contributed by atoms with Gasteiger partial charge in [-0.3, -0.25) is 83.9 Å². The van der Waals surface area contributed by atoms with Crippen molar-refractivity contribution in [1.82, 2.24) is 77.2 Å². The van der Waals surface area contributed by atoms with Crippen LogP contribution in [0.2, 0.25) is 0 Å². The van der Waals surface area contributed by atoms with E-state index in [1.165, 1.54) is 77.6 Å². The SMILES string of the molecule is COC1[C@@H](OP(=O)(OC[C@H]2O[C@@H](n3cnc4c(N)ccnc43)C[C@H]2O)SCOC(=O)OC(C)C)[C@@H](CO)O[C@H]1n1ccc(=O)[nH]c1=O.COC1[C@@H](O[P@@](=O)(OC[C@H]2O[C@@H](n3cnc4c(N)ncnc43)C[C@H]2O)SCOC(=O)OC(C)C)[C@@H](CO)O[C@H]1n1ccc(=O)[nH]c1=O.COC1[C@@H](O[P@](=O)(OC[C@H]2O[C@@H](n3cnc4c(N)ccnc43)C[C@H]2O)SCOC(=O)OC(C)C)[C@@H](CO)O[C@H]1n1ccc(=O)[nH]c1=O. The van der Waals surface area contributed by atoms with Crippen molar-refractivity contribution in [3.63, 3.8) is 0 Å². The molecule has 15 N–H and O–H groups in total. The number of ether oxygens (including phenoxy) is 15. The molecule has 774 valence electrons. The molecule has 0 bridgehead atoms. The molecule has 6 aliphatic rings. The summed E-state index contributed by atoms with van der Waals surface area (Å²) in [5, 5.41) is 62.8. The molecule has 0 spiro atoms. The highest BCUT2D eigenvalue weighted by molar-refractivity contribution is 8.55. The van der Waals surface area contributed by atoms with Gasteiger partial charge in [0.2, 0.25) is 0 Å². The number of pyridine rings is 2. The summed E-state index contributed by atoms with van der Waals surface area (Å²) in [6.07, 6.45) is -14.9. The topological polar surface area (TPSA) is 765 Å². The fourth-order valence-electron chi connectivity index (χ4n) is 15.1. The van der Waals surface area contributed by atoms with Gasteiger partial charge in [-0.1, -0.05) is 0 Å². The Hall–Kier alpha value is -10.1. The van der Waals surface area contributed by atoms with E-state index in [9.17, 15) is 87.5 Å². The van der Waals surface area contributed by atoms with Gasteiger partial charge < -0.3 is 119 Å². The number of anilines is 3. The Labute approximate surface area is 807 Å². The third-order valence-electron chi connectivity index (χ3n) is 21.6. The van der Waals surface area contributed by atoms with Crippen molar-refractivity contribution < 1.29 is 157 Å². The predicted octanol–water partition coefficient (Wildman–Crippen LogP) is 2.03. The number of nitrogen functional groups attached to an aromatic ring is 3. The molecule has 6 fully saturated rings. The number of aromatic amines is 3. The minimum absolute atomic E-state index is 0.0935. The van der Waals surface area contributed by atoms with Crippen molar-refractivity contribution in [2.75, 3.05) is 96.0 Å². The lowest BCUT2D eigenvalue weighted by molar-refractivity contribution is -0.0625. The standard InChI is InChI=1S/2C26H35N6O13PS.C25H34N7O13PS/c2*1-13(2)42-26(37)40-12-47-46(38,45-21-16(9-33)44-24(22(21)39-3)31-7-5-18(35)30-25(31)36)41-10-17-15(34)8-19(43-17)32-11-29-20-14(27)4-6-28-23(20)32;1-12(2)42-25(37)40-11-47-46(38,45-19-14(7-33)44-23(20(19)39-3)31-5-4-16(35)30-24(31)36)41-8-15-13(34)6-17(43-15)32-10-29-18-21(26)27-9-28-22(18)32/h2*4-7,11,13,15-17,19,21-22,24,33-34H,8-10,12H2,1-3H3,(H2,27,28)(H,30,35,36);4-5,9-10,12-15,17,19-20,23,33-34H,6-8,11H2,1-3H3,(H2,26,27,28)(H,30,35,36)/t15-,16-,17-,19-,21+,22?,24-,46?;15-,16-,17-,19-,21+,22?,24-,46+;13-,14-,15-,17-,19+,20?,23-,46-/m111/s1. The zero-order chi connectivity index (χ0) is 102. The first-order valence-electron chi connectivity index (χ1n) is 42.9. The van der Waals surface area contributed by atoms with E-state index in [1.807, 2.05) is 0 Å². The van der Waals surface area contributed by atoms with Crippen LogP contribution in [0.3, 0.4) is 0 Å². The Morgan fingerprint density at radius 1 is 0.418 bits per heavy atom. The van der Waals surface area contributed by atoms with Gasteiger partial charge in [0.25, 0.3) is 16.7 Å². The van der Waals surface area contributed by atoms with E-state index in [4.69, 9.17) is 115 Å². The summed E-state index contributed by atoms with van der Waals surface area (Å²) in [7, 11) is 3.84. The number of methoxy groups -OCH3 is 3. The first-order chi connectivity index (χ1) is 67.3. The van der Waals surface area contributed by atoms with Crippen LogP contribution in [0.1, 0.15) is 98.2 Å². The average Bonchev–Trinajstić information content (AvgIpc) is 1.64. The van der Waals surface area contributed by atoms with E-state index in [0.717, 1.165) is 31.9 Å². The fraction of sp³-hybridized carbons (Fsp3) is 0.584. The van der Waals surface area contributed by atoms with Crippen LogP contribution in [0.5, 0.6) is 0 Å². The van der Waals surface area contributed by atoms with Crippen molar-refractivity contribution >= 4 is 124 Å². The number of nitrogens with one attached hydrogen (secondary N) is 3. The number of rotatable bonds is 39. The van der Waals surface area contributed by atoms with E-state index in [2.05, 4.69) is 49.8 Å². The number of aliphatic hydroxyl groups is 6. The molecule has 9 aromatic heterocycles. The minimum atomic E-state index is -4.38. The molecule has 0 aromatic carbocycles. The molecule has 141 heavy (non-hydrogen) atoms. The van der Waals surface area contributed by atoms with Gasteiger partial charge in [-0.05, 0) is 53.7 Å². The summed E-state index contributed by atoms with van der Waals surface area (Å²) in [6, 6.07) is 6.48. The summed E-state index contributed by atoms with van der Waals surface area (Å²) in [6.45, 7) is -6.72. The number of carbonyl (C=O) groups excluding carboxylic acids is 3. The summed E-state index contributed by atoms with van der Waals surface area (Å²) in [4.78, 5) is 144. The molecular weight excluding hydrogens is 2000 g/mol. The van der Waals surface area contributed by atoms with Gasteiger partial charge in [0.05, 0.1) is 107 Å². The van der Waals surface area contributed by atoms with Gasteiger partial charge in [0.15, 0.2) is 59.3 Å². The van der Waals surface area contributed by atoms with Gasteiger partial charge >= 0.3 is 55.9 Å². The zero-order valence-electron chi connectivity index (χ0n) is 76.2. The Kier molecular flexibility index (Phi) is 36.9. The van der Waals surface area contributed by atoms with Gasteiger partial charge in [0.1, 0.15) is 115 Å². The maximum atomic E-state index is 14.2. The van der Waals surface area contributed by atoms with Crippen LogP contribution < -0.4 is 50.9 Å². The zero-order valence-corrected chi connectivity index (χ0v) is 81.3. The Morgan fingerprint density at radius 2 is 0.716 bits per heavy atom. The van der Waals surface area contributed by atoms with Crippen LogP contribution in [0.25, 0.3) is 33.5 Å². The smallest absolute Gasteiger partial charge is 0.432 e. The van der Waals surface area contributed by atoms with Crippen LogP contribution in [0.15, 0.2) is 115 Å². The monoisotopic (exact) mass is 2110 g/mol. The third kappa shape index (κ3) is 26.4. The lowest BCUT2D eigenvalue weighted by Crippen LogP contribution is -2.39. The first-order valence-corrected chi connectivity index (χ1v) is 52.3. The summed E-state index contributed by atoms with van der Waals surface area (Å²) < 4.78 is 168. The third-order valence-corrected chi connectivity index (χ3v) is 31.6. The molecule has 58 nitrogen and oxygen atoms in total. The predicted molar refractivity (Wildman–Crippen MR) is 487 cm³/mol. The van der Waals surface area contributed by atoms with Crippen LogP contribution in [-0.4, -0.2) is 315 Å². The van der Waals surface area contributed by atoms with Gasteiger partial charge in [-0.25, -0.2) is 77.4 Å². The number of H-pyrrole nitrogens is 3. The molecular formula is C77H104N19O39P3S3. The lowest BCUT2D eigenvalue weighted by Gasteiger charge is -2.28. The molecule has 4 unspecified atom stereocenters. The number of nitrogens with zero attached hydrogens (tertiary/aromatic N) is 13. The van der Waals surface area contributed by atoms with E-state index in [1.54, 1.807) is 67.4 Å². The summed E-state index contributed by atoms with van der Waals surface area (Å²) in [5.41, 5.74) is 16.8. The second kappa shape index (κ2) is 48.1. The fourth-order valence-corrected chi connectivity index (χ4v) is 23.5. The number of hydrogen-bond acceptors (Lipinski definition) is 52. The summed E-state index contributed by atoms with van der Waals surface area (Å²) >= 11 is 1.44. The van der Waals surface area contributed by atoms with Crippen LogP contribution in [-0.2, 0) is 112 Å². The largest absolute Gasteiger partial charge is 0.509 e. The number of aliphatic hydroxyl groups excluding tert-OH is 6. The number of nitrogens with two attached hydrogens (primary N) is 3. The number of carbonyl (C=O) groups is 3. The normalized spacial score (nSPS) is 27.3. The van der Waals surface area contributed by atoms with E-state index < -0.39 is 277 Å². The molecule has 64 heteroatoms. The molecule has 0 amide bonds. The summed E-state index contributed by atoms with van der Waals surface area (Å²) in [5.74, 6) is -1.45. The quantitative estimate of drug-likeness (QED) is 0.0113. The first kappa shape index (κ1) is 108. The Bertz CT molecular complexity index is 5740. The Balaban J connectivity index is 0.000000178. The Morgan fingerprint density at radius 3 is 1.00 bits per heavy atom. The highest BCUT2D eigenvalue weighted by Crippen LogP contribution is 2.66. The highest BCUT2D eigenvalue weighted by atomic mass is 32.7. The maximum absolute atomic E-state index is 14.2. The van der Waals surface area contributed by atoms with Crippen molar-refractivity contribution in [1.29, 1.82) is 0 Å². The highest BCUT2D eigenvalue weighted by Gasteiger charge is 2.55. The molecule has 0 aliphatic carbocycles. The second-order valence-electron chi connectivity index (χ2n) is 32.1. The van der Waals surface area contributed by atoms with E-state index in [0.29, 0.717) is 79.0 Å². The van der Waals surface area contributed by atoms with Crippen molar-refractivity contribution in [3.8, 4) is 0 Å². The average molecular weight is 2110 g/mol. The second-order valence-corrected chi connectivity index (χ2v) is 44.0. The molecule has 15 rings (SSSR count). The number of fused-ring (bicyclic) bond motifs is 3. The molecule has 9 aromatic rings. The molecule has 15 heterocycles.